The Morgan fingerprint density at radius 1 is 1.41 bits per heavy atom. The lowest BCUT2D eigenvalue weighted by Crippen LogP contribution is -2.49. The molecule has 1 aliphatic heterocycles. The number of aryl methyl sites for hydroxylation is 1. The van der Waals surface area contributed by atoms with E-state index in [1.54, 1.807) is 26.3 Å². The van der Waals surface area contributed by atoms with Crippen molar-refractivity contribution in [3.05, 3.63) is 18.2 Å². The number of hydrogen-bond donors (Lipinski definition) is 1. The van der Waals surface area contributed by atoms with Crippen LogP contribution in [0.2, 0.25) is 0 Å². The van der Waals surface area contributed by atoms with Crippen molar-refractivity contribution >= 4 is 21.1 Å². The monoisotopic (exact) mass is 326 g/mol. The van der Waals surface area contributed by atoms with Crippen molar-refractivity contribution in [3.63, 3.8) is 0 Å². The fourth-order valence-electron chi connectivity index (χ4n) is 2.57. The standard InChI is InChI=1S/C13H18N4O4S/c1-17-14-10-4-3-5-12(13(10)15-17)22(18,19)16-9-6-7-21-8-11(9)20-2/h3-5,9,11,16H,6-8H2,1-2H3/t9-,11-/m1/s1. The van der Waals surface area contributed by atoms with E-state index in [0.29, 0.717) is 30.7 Å². The van der Waals surface area contributed by atoms with Crippen molar-refractivity contribution < 1.29 is 17.9 Å². The van der Waals surface area contributed by atoms with Gasteiger partial charge in [0.1, 0.15) is 15.9 Å². The molecule has 1 aromatic heterocycles. The van der Waals surface area contributed by atoms with Gasteiger partial charge in [-0.1, -0.05) is 6.07 Å². The summed E-state index contributed by atoms with van der Waals surface area (Å²) in [5.41, 5.74) is 0.902. The topological polar surface area (TPSA) is 95.3 Å². The Morgan fingerprint density at radius 3 is 3.00 bits per heavy atom. The van der Waals surface area contributed by atoms with E-state index in [2.05, 4.69) is 14.9 Å². The summed E-state index contributed by atoms with van der Waals surface area (Å²) in [6, 6.07) is 4.59. The summed E-state index contributed by atoms with van der Waals surface area (Å²) in [5, 5.41) is 8.28. The van der Waals surface area contributed by atoms with Gasteiger partial charge in [-0.3, -0.25) is 0 Å². The van der Waals surface area contributed by atoms with Crippen LogP contribution in [0.1, 0.15) is 6.42 Å². The second-order valence-corrected chi connectivity index (χ2v) is 6.86. The van der Waals surface area contributed by atoms with E-state index in [9.17, 15) is 8.42 Å². The molecule has 2 aromatic rings. The average molecular weight is 326 g/mol. The van der Waals surface area contributed by atoms with Crippen molar-refractivity contribution in [2.75, 3.05) is 20.3 Å². The second-order valence-electron chi connectivity index (χ2n) is 5.18. The third kappa shape index (κ3) is 2.84. The zero-order valence-electron chi connectivity index (χ0n) is 12.4. The Balaban J connectivity index is 1.94. The van der Waals surface area contributed by atoms with E-state index in [4.69, 9.17) is 9.47 Å². The fraction of sp³-hybridized carbons (Fsp3) is 0.538. The summed E-state index contributed by atoms with van der Waals surface area (Å²) < 4.78 is 38.7. The number of aromatic nitrogens is 3. The first-order valence-corrected chi connectivity index (χ1v) is 8.42. The van der Waals surface area contributed by atoms with Crippen molar-refractivity contribution in [1.29, 1.82) is 0 Å². The van der Waals surface area contributed by atoms with Crippen molar-refractivity contribution in [2.45, 2.75) is 23.5 Å². The molecule has 0 aliphatic carbocycles. The maximum Gasteiger partial charge on any atom is 0.243 e. The first-order chi connectivity index (χ1) is 10.5. The maximum absolute atomic E-state index is 12.7. The van der Waals surface area contributed by atoms with Crippen LogP contribution < -0.4 is 4.72 Å². The van der Waals surface area contributed by atoms with E-state index in [0.717, 1.165) is 0 Å². The molecule has 1 N–H and O–H groups in total. The molecule has 1 aromatic carbocycles. The van der Waals surface area contributed by atoms with Gasteiger partial charge in [-0.25, -0.2) is 13.1 Å². The molecule has 8 nitrogen and oxygen atoms in total. The minimum atomic E-state index is -3.72. The molecule has 2 heterocycles. The van der Waals surface area contributed by atoms with Crippen LogP contribution in [0.3, 0.4) is 0 Å². The van der Waals surface area contributed by atoms with Crippen molar-refractivity contribution in [1.82, 2.24) is 19.7 Å². The largest absolute Gasteiger partial charge is 0.379 e. The first-order valence-electron chi connectivity index (χ1n) is 6.94. The number of fused-ring (bicyclic) bond motifs is 1. The zero-order valence-corrected chi connectivity index (χ0v) is 13.2. The van der Waals surface area contributed by atoms with Gasteiger partial charge in [0.15, 0.2) is 0 Å². The van der Waals surface area contributed by atoms with Gasteiger partial charge in [-0.15, -0.1) is 0 Å². The molecule has 0 bridgehead atoms. The van der Waals surface area contributed by atoms with Gasteiger partial charge in [0.2, 0.25) is 10.0 Å². The van der Waals surface area contributed by atoms with Crippen LogP contribution in [-0.4, -0.2) is 55.9 Å². The van der Waals surface area contributed by atoms with E-state index in [-0.39, 0.29) is 17.0 Å². The van der Waals surface area contributed by atoms with E-state index < -0.39 is 10.0 Å². The summed E-state index contributed by atoms with van der Waals surface area (Å²) >= 11 is 0. The normalized spacial score (nSPS) is 23.0. The highest BCUT2D eigenvalue weighted by Gasteiger charge is 2.31. The van der Waals surface area contributed by atoms with E-state index >= 15 is 0 Å². The molecule has 0 spiro atoms. The molecule has 3 rings (SSSR count). The van der Waals surface area contributed by atoms with Crippen LogP contribution in [0.5, 0.6) is 0 Å². The van der Waals surface area contributed by atoms with Gasteiger partial charge in [0.25, 0.3) is 0 Å². The van der Waals surface area contributed by atoms with Gasteiger partial charge in [0, 0.05) is 20.8 Å². The highest BCUT2D eigenvalue weighted by molar-refractivity contribution is 7.89. The molecular weight excluding hydrogens is 308 g/mol. The summed E-state index contributed by atoms with van der Waals surface area (Å²) in [6.07, 6.45) is 0.262. The predicted octanol–water partition coefficient (Wildman–Crippen LogP) is 0.0505. The number of rotatable bonds is 4. The van der Waals surface area contributed by atoms with E-state index in [1.807, 2.05) is 0 Å². The molecule has 22 heavy (non-hydrogen) atoms. The zero-order chi connectivity index (χ0) is 15.7. The predicted molar refractivity (Wildman–Crippen MR) is 78.9 cm³/mol. The molecule has 2 atom stereocenters. The van der Waals surface area contributed by atoms with Gasteiger partial charge in [-0.2, -0.15) is 15.0 Å². The number of nitrogens with zero attached hydrogens (tertiary/aromatic N) is 3. The van der Waals surface area contributed by atoms with Crippen LogP contribution >= 0.6 is 0 Å². The number of methoxy groups -OCH3 is 1. The van der Waals surface area contributed by atoms with E-state index in [1.165, 1.54) is 10.9 Å². The Kier molecular flexibility index (Phi) is 4.13. The van der Waals surface area contributed by atoms with Crippen LogP contribution in [0, 0.1) is 0 Å². The first kappa shape index (κ1) is 15.3. The summed E-state index contributed by atoms with van der Waals surface area (Å²) in [4.78, 5) is 1.48. The highest BCUT2D eigenvalue weighted by Crippen LogP contribution is 2.21. The summed E-state index contributed by atoms with van der Waals surface area (Å²) in [6.45, 7) is 0.876. The van der Waals surface area contributed by atoms with Crippen molar-refractivity contribution in [3.8, 4) is 0 Å². The number of hydrogen-bond acceptors (Lipinski definition) is 6. The number of ether oxygens (including phenoxy) is 2. The minimum absolute atomic E-state index is 0.124. The Labute approximate surface area is 128 Å². The van der Waals surface area contributed by atoms with Crippen molar-refractivity contribution in [2.24, 2.45) is 7.05 Å². The average Bonchev–Trinajstić information content (AvgIpc) is 2.87. The Morgan fingerprint density at radius 2 is 2.23 bits per heavy atom. The molecule has 9 heteroatoms. The lowest BCUT2D eigenvalue weighted by molar-refractivity contribution is -0.0448. The van der Waals surface area contributed by atoms with Crippen LogP contribution in [0.25, 0.3) is 11.0 Å². The SMILES string of the molecule is CO[C@@H]1COCC[C@H]1NS(=O)(=O)c1cccc2nn(C)nc12. The lowest BCUT2D eigenvalue weighted by atomic mass is 10.1. The van der Waals surface area contributed by atoms with Gasteiger partial charge in [0.05, 0.1) is 18.8 Å². The van der Waals surface area contributed by atoms with Crippen LogP contribution in [0.4, 0.5) is 0 Å². The molecule has 1 aliphatic rings. The Hall–Kier alpha value is -1.55. The number of sulfonamides is 1. The lowest BCUT2D eigenvalue weighted by Gasteiger charge is -2.30. The van der Waals surface area contributed by atoms with Gasteiger partial charge >= 0.3 is 0 Å². The number of nitrogens with one attached hydrogen (secondary N) is 1. The smallest absolute Gasteiger partial charge is 0.243 e. The maximum atomic E-state index is 12.7. The van der Waals surface area contributed by atoms with Gasteiger partial charge in [-0.05, 0) is 18.6 Å². The summed E-state index contributed by atoms with van der Waals surface area (Å²) in [5.74, 6) is 0. The molecule has 0 radical (unpaired) electrons. The minimum Gasteiger partial charge on any atom is -0.379 e. The molecular formula is C13H18N4O4S. The molecule has 0 saturated carbocycles. The summed E-state index contributed by atoms with van der Waals surface area (Å²) in [7, 11) is -0.516. The Bertz CT molecular complexity index is 773. The molecule has 0 amide bonds. The van der Waals surface area contributed by atoms with Gasteiger partial charge < -0.3 is 9.47 Å². The third-order valence-corrected chi connectivity index (χ3v) is 5.20. The second kappa shape index (κ2) is 5.92. The molecule has 120 valence electrons. The van der Waals surface area contributed by atoms with Crippen LogP contribution in [-0.2, 0) is 26.5 Å². The molecule has 1 saturated heterocycles. The molecule has 0 unspecified atom stereocenters. The third-order valence-electron chi connectivity index (χ3n) is 3.68. The fourth-order valence-corrected chi connectivity index (χ4v) is 4.03. The highest BCUT2D eigenvalue weighted by atomic mass is 32.2. The molecule has 1 fully saturated rings. The van der Waals surface area contributed by atoms with Crippen LogP contribution in [0.15, 0.2) is 23.1 Å². The quantitative estimate of drug-likeness (QED) is 0.853. The number of benzene rings is 1.